The number of nitrogens with one attached hydrogen (secondary N) is 1. The first-order chi connectivity index (χ1) is 13.6. The summed E-state index contributed by atoms with van der Waals surface area (Å²) in [4.78, 5) is 21.3. The summed E-state index contributed by atoms with van der Waals surface area (Å²) >= 11 is 0. The molecular formula is C22H33N5O. The van der Waals surface area contributed by atoms with Crippen LogP contribution >= 0.6 is 0 Å². The molecule has 1 saturated heterocycles. The molecule has 152 valence electrons. The molecule has 0 bridgehead atoms. The number of unbranched alkanes of at least 4 members (excludes halogenated alkanes) is 1. The Bertz CT molecular complexity index is 732. The minimum Gasteiger partial charge on any atom is -0.334 e. The number of benzene rings is 1. The van der Waals surface area contributed by atoms with Gasteiger partial charge in [-0.2, -0.15) is 0 Å². The van der Waals surface area contributed by atoms with Gasteiger partial charge in [-0.25, -0.2) is 4.98 Å². The van der Waals surface area contributed by atoms with E-state index in [1.807, 2.05) is 31.5 Å². The number of anilines is 1. The van der Waals surface area contributed by atoms with Crippen LogP contribution in [0.15, 0.2) is 36.7 Å². The first-order valence-electron chi connectivity index (χ1n) is 10.5. The van der Waals surface area contributed by atoms with Gasteiger partial charge in [0.1, 0.15) is 5.82 Å². The number of aryl methyl sites for hydroxylation is 2. The van der Waals surface area contributed by atoms with Gasteiger partial charge < -0.3 is 9.88 Å². The topological polar surface area (TPSA) is 53.4 Å². The number of carbonyl (C=O) groups is 1. The SMILES string of the molecule is CCCCc1ccc(NC(=O)CN2CCN(CCn3ccnc3C)CC2)cc1. The van der Waals surface area contributed by atoms with Gasteiger partial charge in [0.05, 0.1) is 6.54 Å². The van der Waals surface area contributed by atoms with Crippen LogP contribution in [0.1, 0.15) is 31.2 Å². The summed E-state index contributed by atoms with van der Waals surface area (Å²) in [7, 11) is 0. The molecule has 1 aromatic carbocycles. The van der Waals surface area contributed by atoms with Crippen LogP contribution in [-0.4, -0.2) is 64.5 Å². The molecule has 0 radical (unpaired) electrons. The summed E-state index contributed by atoms with van der Waals surface area (Å²) in [5.41, 5.74) is 2.22. The van der Waals surface area contributed by atoms with Crippen molar-refractivity contribution >= 4 is 11.6 Å². The molecule has 2 heterocycles. The molecule has 1 amide bonds. The van der Waals surface area contributed by atoms with Crippen LogP contribution in [-0.2, 0) is 17.8 Å². The number of aromatic nitrogens is 2. The zero-order valence-corrected chi connectivity index (χ0v) is 17.2. The van der Waals surface area contributed by atoms with Crippen LogP contribution in [0.3, 0.4) is 0 Å². The Balaban J connectivity index is 1.36. The standard InChI is InChI=1S/C22H33N5O/c1-3-4-5-20-6-8-21(9-7-20)24-22(28)18-26-14-12-25(13-15-26)16-17-27-11-10-23-19(27)2/h6-11H,3-5,12-18H2,1-2H3,(H,24,28). The molecule has 1 N–H and O–H groups in total. The lowest BCUT2D eigenvalue weighted by atomic mass is 10.1. The molecule has 28 heavy (non-hydrogen) atoms. The number of nitrogens with zero attached hydrogens (tertiary/aromatic N) is 4. The third-order valence-corrected chi connectivity index (χ3v) is 5.47. The maximum Gasteiger partial charge on any atom is 0.238 e. The molecule has 0 saturated carbocycles. The highest BCUT2D eigenvalue weighted by Gasteiger charge is 2.19. The first kappa shape index (κ1) is 20.6. The van der Waals surface area contributed by atoms with Crippen molar-refractivity contribution in [2.24, 2.45) is 0 Å². The number of rotatable bonds is 9. The normalized spacial score (nSPS) is 15.6. The highest BCUT2D eigenvalue weighted by atomic mass is 16.2. The van der Waals surface area contributed by atoms with Crippen LogP contribution in [0, 0.1) is 6.92 Å². The molecule has 1 aliphatic rings. The van der Waals surface area contributed by atoms with Gasteiger partial charge in [-0.15, -0.1) is 0 Å². The van der Waals surface area contributed by atoms with Gasteiger partial charge in [0.25, 0.3) is 0 Å². The molecular weight excluding hydrogens is 350 g/mol. The van der Waals surface area contributed by atoms with E-state index in [0.29, 0.717) is 6.54 Å². The lowest BCUT2D eigenvalue weighted by Crippen LogP contribution is -2.49. The van der Waals surface area contributed by atoms with Gasteiger partial charge >= 0.3 is 0 Å². The highest BCUT2D eigenvalue weighted by Crippen LogP contribution is 2.12. The zero-order valence-electron chi connectivity index (χ0n) is 17.2. The van der Waals surface area contributed by atoms with Gasteiger partial charge in [0, 0.05) is 57.3 Å². The third-order valence-electron chi connectivity index (χ3n) is 5.47. The summed E-state index contributed by atoms with van der Waals surface area (Å²) in [5, 5.41) is 3.03. The van der Waals surface area contributed by atoms with Gasteiger partial charge in [-0.3, -0.25) is 14.6 Å². The zero-order chi connectivity index (χ0) is 19.8. The summed E-state index contributed by atoms with van der Waals surface area (Å²) in [5.74, 6) is 1.14. The van der Waals surface area contributed by atoms with Crippen LogP contribution in [0.2, 0.25) is 0 Å². The Morgan fingerprint density at radius 3 is 2.43 bits per heavy atom. The largest absolute Gasteiger partial charge is 0.334 e. The van der Waals surface area contributed by atoms with Crippen molar-refractivity contribution in [1.29, 1.82) is 0 Å². The Kier molecular flexibility index (Phi) is 7.62. The van der Waals surface area contributed by atoms with Crippen molar-refractivity contribution in [2.45, 2.75) is 39.7 Å². The lowest BCUT2D eigenvalue weighted by Gasteiger charge is -2.34. The first-order valence-corrected chi connectivity index (χ1v) is 10.5. The minimum absolute atomic E-state index is 0.0730. The van der Waals surface area contributed by atoms with Crippen LogP contribution in [0.4, 0.5) is 5.69 Å². The van der Waals surface area contributed by atoms with E-state index in [1.54, 1.807) is 0 Å². The summed E-state index contributed by atoms with van der Waals surface area (Å²) in [6, 6.07) is 8.26. The lowest BCUT2D eigenvalue weighted by molar-refractivity contribution is -0.117. The fourth-order valence-electron chi connectivity index (χ4n) is 3.60. The van der Waals surface area contributed by atoms with E-state index in [1.165, 1.54) is 18.4 Å². The van der Waals surface area contributed by atoms with E-state index in [2.05, 4.69) is 43.7 Å². The Hall–Kier alpha value is -2.18. The fraction of sp³-hybridized carbons (Fsp3) is 0.545. The molecule has 6 nitrogen and oxygen atoms in total. The van der Waals surface area contributed by atoms with Crippen molar-refractivity contribution < 1.29 is 4.79 Å². The highest BCUT2D eigenvalue weighted by molar-refractivity contribution is 5.92. The van der Waals surface area contributed by atoms with Crippen molar-refractivity contribution in [3.8, 4) is 0 Å². The number of amides is 1. The average molecular weight is 384 g/mol. The molecule has 2 aromatic rings. The predicted octanol–water partition coefficient (Wildman–Crippen LogP) is 2.79. The number of hydrogen-bond acceptors (Lipinski definition) is 4. The molecule has 0 aliphatic carbocycles. The maximum absolute atomic E-state index is 12.4. The summed E-state index contributed by atoms with van der Waals surface area (Å²) in [6.07, 6.45) is 7.40. The Labute approximate surface area is 168 Å². The van der Waals surface area contributed by atoms with E-state index >= 15 is 0 Å². The average Bonchev–Trinajstić information content (AvgIpc) is 3.12. The van der Waals surface area contributed by atoms with E-state index in [9.17, 15) is 4.79 Å². The van der Waals surface area contributed by atoms with Crippen molar-refractivity contribution in [1.82, 2.24) is 19.4 Å². The van der Waals surface area contributed by atoms with Gasteiger partial charge in [0.15, 0.2) is 0 Å². The van der Waals surface area contributed by atoms with E-state index < -0.39 is 0 Å². The number of hydrogen-bond donors (Lipinski definition) is 1. The molecule has 0 spiro atoms. The summed E-state index contributed by atoms with van der Waals surface area (Å²) in [6.45, 7) is 10.6. The molecule has 3 rings (SSSR count). The molecule has 1 aromatic heterocycles. The second-order valence-corrected chi connectivity index (χ2v) is 7.63. The van der Waals surface area contributed by atoms with Gasteiger partial charge in [-0.05, 0) is 37.5 Å². The van der Waals surface area contributed by atoms with Crippen molar-refractivity contribution in [3.63, 3.8) is 0 Å². The maximum atomic E-state index is 12.4. The van der Waals surface area contributed by atoms with Gasteiger partial charge in [-0.1, -0.05) is 25.5 Å². The Morgan fingerprint density at radius 2 is 1.79 bits per heavy atom. The monoisotopic (exact) mass is 383 g/mol. The molecule has 0 atom stereocenters. The number of imidazole rings is 1. The van der Waals surface area contributed by atoms with E-state index in [0.717, 1.165) is 57.2 Å². The predicted molar refractivity (Wildman–Crippen MR) is 114 cm³/mol. The fourth-order valence-corrected chi connectivity index (χ4v) is 3.60. The quantitative estimate of drug-likeness (QED) is 0.723. The number of piperazine rings is 1. The smallest absolute Gasteiger partial charge is 0.238 e. The second-order valence-electron chi connectivity index (χ2n) is 7.63. The van der Waals surface area contributed by atoms with E-state index in [-0.39, 0.29) is 5.91 Å². The van der Waals surface area contributed by atoms with Crippen molar-refractivity contribution in [2.75, 3.05) is 44.6 Å². The van der Waals surface area contributed by atoms with Crippen molar-refractivity contribution in [3.05, 3.63) is 48.0 Å². The molecule has 0 unspecified atom stereocenters. The molecule has 1 fully saturated rings. The van der Waals surface area contributed by atoms with E-state index in [4.69, 9.17) is 0 Å². The minimum atomic E-state index is 0.0730. The second kappa shape index (κ2) is 10.4. The number of carbonyl (C=O) groups excluding carboxylic acids is 1. The molecule has 6 heteroatoms. The van der Waals surface area contributed by atoms with Gasteiger partial charge in [0.2, 0.25) is 5.91 Å². The summed E-state index contributed by atoms with van der Waals surface area (Å²) < 4.78 is 2.19. The van der Waals surface area contributed by atoms with Crippen LogP contribution < -0.4 is 5.32 Å². The Morgan fingerprint density at radius 1 is 1.07 bits per heavy atom. The van der Waals surface area contributed by atoms with Crippen LogP contribution in [0.25, 0.3) is 0 Å². The molecule has 1 aliphatic heterocycles. The third kappa shape index (κ3) is 6.17. The van der Waals surface area contributed by atoms with Crippen LogP contribution in [0.5, 0.6) is 0 Å².